The molecule has 0 bridgehead atoms. The van der Waals surface area contributed by atoms with Gasteiger partial charge in [-0.2, -0.15) is 0 Å². The number of rotatable bonds is 1. The molecule has 0 atom stereocenters. The Bertz CT molecular complexity index is 271. The highest BCUT2D eigenvalue weighted by Gasteiger charge is 2.24. The third kappa shape index (κ3) is 2.38. The number of hydrogen-bond donors (Lipinski definition) is 2. The number of nitrogen functional groups attached to an aromatic ring is 1. The molecule has 12 heavy (non-hydrogen) atoms. The van der Waals surface area contributed by atoms with E-state index in [0.717, 1.165) is 0 Å². The van der Waals surface area contributed by atoms with Crippen LogP contribution in [0.5, 0.6) is 0 Å². The Balaban J connectivity index is 3.02. The van der Waals surface area contributed by atoms with E-state index in [2.05, 4.69) is 10.4 Å². The lowest BCUT2D eigenvalue weighted by atomic mass is 10.4. The van der Waals surface area contributed by atoms with Crippen molar-refractivity contribution in [2.75, 3.05) is 5.43 Å². The van der Waals surface area contributed by atoms with Gasteiger partial charge < -0.3 is 5.43 Å². The lowest BCUT2D eigenvalue weighted by Crippen LogP contribution is -2.11. The van der Waals surface area contributed by atoms with Crippen molar-refractivity contribution in [3.63, 3.8) is 0 Å². The van der Waals surface area contributed by atoms with E-state index in [9.17, 15) is 0 Å². The molecule has 6 heteroatoms. The number of hydrogen-bond acceptors (Lipinski definition) is 3. The zero-order chi connectivity index (χ0) is 9.19. The van der Waals surface area contributed by atoms with E-state index in [4.69, 9.17) is 40.6 Å². The van der Waals surface area contributed by atoms with Crippen molar-refractivity contribution in [1.29, 1.82) is 0 Å². The lowest BCUT2D eigenvalue weighted by Gasteiger charge is -2.10. The van der Waals surface area contributed by atoms with E-state index in [1.807, 2.05) is 0 Å². The largest absolute Gasteiger partial charge is 0.308 e. The van der Waals surface area contributed by atoms with Gasteiger partial charge in [-0.25, -0.2) is 10.8 Å². The molecular formula is C6H6Cl3N3. The first-order valence-corrected chi connectivity index (χ1v) is 4.18. The monoisotopic (exact) mass is 225 g/mol. The van der Waals surface area contributed by atoms with Gasteiger partial charge in [0.25, 0.3) is 0 Å². The molecule has 0 aliphatic carbocycles. The molecule has 0 aromatic carbocycles. The molecular weight excluding hydrogens is 220 g/mol. The molecule has 1 aromatic heterocycles. The number of nitrogens with zero attached hydrogens (tertiary/aromatic N) is 1. The molecule has 0 radical (unpaired) electrons. The molecule has 0 spiro atoms. The van der Waals surface area contributed by atoms with Crippen LogP contribution < -0.4 is 11.3 Å². The van der Waals surface area contributed by atoms with Crippen LogP contribution in [0, 0.1) is 0 Å². The van der Waals surface area contributed by atoms with E-state index < -0.39 is 3.79 Å². The van der Waals surface area contributed by atoms with Crippen LogP contribution in [0.1, 0.15) is 5.69 Å². The Morgan fingerprint density at radius 3 is 2.50 bits per heavy atom. The first kappa shape index (κ1) is 9.86. The summed E-state index contributed by atoms with van der Waals surface area (Å²) in [7, 11) is 0. The minimum Gasteiger partial charge on any atom is -0.308 e. The summed E-state index contributed by atoms with van der Waals surface area (Å²) in [6.07, 6.45) is 0. The van der Waals surface area contributed by atoms with E-state index in [0.29, 0.717) is 11.5 Å². The highest BCUT2D eigenvalue weighted by atomic mass is 35.6. The number of halogens is 3. The lowest BCUT2D eigenvalue weighted by molar-refractivity contribution is 1.07. The van der Waals surface area contributed by atoms with Crippen LogP contribution in [0.15, 0.2) is 18.2 Å². The minimum absolute atomic E-state index is 0.336. The predicted octanol–water partition coefficient (Wildman–Crippen LogP) is 2.19. The van der Waals surface area contributed by atoms with Gasteiger partial charge in [0.05, 0.1) is 5.69 Å². The van der Waals surface area contributed by atoms with Crippen LogP contribution in [-0.2, 0) is 3.79 Å². The molecule has 3 nitrogen and oxygen atoms in total. The van der Waals surface area contributed by atoms with Crippen LogP contribution >= 0.6 is 34.8 Å². The number of hydrazine groups is 1. The van der Waals surface area contributed by atoms with Crippen LogP contribution in [0.25, 0.3) is 0 Å². The van der Waals surface area contributed by atoms with Gasteiger partial charge in [-0.05, 0) is 12.1 Å². The molecule has 0 saturated heterocycles. The highest BCUT2D eigenvalue weighted by Crippen LogP contribution is 2.36. The molecule has 1 heterocycles. The summed E-state index contributed by atoms with van der Waals surface area (Å²) >= 11 is 16.8. The first-order valence-electron chi connectivity index (χ1n) is 3.05. The van der Waals surface area contributed by atoms with E-state index in [-0.39, 0.29) is 0 Å². The van der Waals surface area contributed by atoms with Gasteiger partial charge in [0, 0.05) is 0 Å². The molecule has 0 aliphatic heterocycles. The molecule has 1 aromatic rings. The van der Waals surface area contributed by atoms with E-state index in [1.165, 1.54) is 0 Å². The number of aromatic nitrogens is 1. The van der Waals surface area contributed by atoms with Crippen molar-refractivity contribution in [2.45, 2.75) is 3.79 Å². The maximum absolute atomic E-state index is 5.59. The Labute approximate surface area is 84.8 Å². The summed E-state index contributed by atoms with van der Waals surface area (Å²) in [5.41, 5.74) is 2.69. The van der Waals surface area contributed by atoms with Crippen LogP contribution in [0.2, 0.25) is 0 Å². The van der Waals surface area contributed by atoms with Gasteiger partial charge in [-0.15, -0.1) is 0 Å². The molecule has 1 rings (SSSR count). The summed E-state index contributed by atoms with van der Waals surface area (Å²) in [6, 6.07) is 4.97. The SMILES string of the molecule is NNc1cccc(C(Cl)(Cl)Cl)n1. The third-order valence-corrected chi connectivity index (χ3v) is 1.77. The second-order valence-corrected chi connectivity index (χ2v) is 4.33. The fraction of sp³-hybridized carbons (Fsp3) is 0.167. The molecule has 66 valence electrons. The zero-order valence-corrected chi connectivity index (χ0v) is 8.16. The summed E-state index contributed by atoms with van der Waals surface area (Å²) in [4.78, 5) is 3.93. The van der Waals surface area contributed by atoms with E-state index >= 15 is 0 Å². The Hall–Kier alpha value is -0.220. The number of nitrogens with one attached hydrogen (secondary N) is 1. The second-order valence-electron chi connectivity index (χ2n) is 2.05. The average molecular weight is 226 g/mol. The van der Waals surface area contributed by atoms with Crippen molar-refractivity contribution in [3.8, 4) is 0 Å². The van der Waals surface area contributed by atoms with Crippen molar-refractivity contribution in [3.05, 3.63) is 23.9 Å². The maximum atomic E-state index is 5.59. The zero-order valence-electron chi connectivity index (χ0n) is 5.89. The Morgan fingerprint density at radius 1 is 1.33 bits per heavy atom. The Kier molecular flexibility index (Phi) is 3.01. The Morgan fingerprint density at radius 2 is 2.00 bits per heavy atom. The number of nitrogens with two attached hydrogens (primary N) is 1. The highest BCUT2D eigenvalue weighted by molar-refractivity contribution is 6.66. The summed E-state index contributed by atoms with van der Waals surface area (Å²) in [5, 5.41) is 0. The average Bonchev–Trinajstić information content (AvgIpc) is 2.03. The van der Waals surface area contributed by atoms with Crippen molar-refractivity contribution < 1.29 is 0 Å². The van der Waals surface area contributed by atoms with Gasteiger partial charge in [0.2, 0.25) is 3.79 Å². The van der Waals surface area contributed by atoms with E-state index in [1.54, 1.807) is 18.2 Å². The second kappa shape index (κ2) is 3.66. The topological polar surface area (TPSA) is 50.9 Å². The van der Waals surface area contributed by atoms with Gasteiger partial charge >= 0.3 is 0 Å². The summed E-state index contributed by atoms with van der Waals surface area (Å²) < 4.78 is -1.51. The fourth-order valence-corrected chi connectivity index (χ4v) is 0.989. The molecule has 0 unspecified atom stereocenters. The van der Waals surface area contributed by atoms with Gasteiger partial charge in [-0.1, -0.05) is 40.9 Å². The standard InChI is InChI=1S/C6H6Cl3N3/c7-6(8,9)4-2-1-3-5(11-4)12-10/h1-3H,10H2,(H,11,12). The molecule has 0 aliphatic rings. The number of anilines is 1. The predicted molar refractivity (Wildman–Crippen MR) is 51.3 cm³/mol. The quantitative estimate of drug-likeness (QED) is 0.438. The van der Waals surface area contributed by atoms with Crippen LogP contribution in [0.4, 0.5) is 5.82 Å². The summed E-state index contributed by atoms with van der Waals surface area (Å²) in [5.74, 6) is 5.58. The third-order valence-electron chi connectivity index (χ3n) is 1.19. The minimum atomic E-state index is -1.51. The summed E-state index contributed by atoms with van der Waals surface area (Å²) in [6.45, 7) is 0. The first-order chi connectivity index (χ1) is 5.54. The van der Waals surface area contributed by atoms with Gasteiger partial charge in [-0.3, -0.25) is 0 Å². The normalized spacial score (nSPS) is 11.3. The van der Waals surface area contributed by atoms with Crippen molar-refractivity contribution >= 4 is 40.6 Å². The van der Waals surface area contributed by atoms with Crippen molar-refractivity contribution in [2.24, 2.45) is 5.84 Å². The van der Waals surface area contributed by atoms with Crippen LogP contribution in [0.3, 0.4) is 0 Å². The smallest absolute Gasteiger partial charge is 0.232 e. The van der Waals surface area contributed by atoms with Gasteiger partial charge in [0.1, 0.15) is 5.82 Å². The van der Waals surface area contributed by atoms with Crippen LogP contribution in [-0.4, -0.2) is 4.98 Å². The van der Waals surface area contributed by atoms with Crippen molar-refractivity contribution in [1.82, 2.24) is 4.98 Å². The molecule has 0 amide bonds. The fourth-order valence-electron chi connectivity index (χ4n) is 0.673. The molecule has 0 saturated carbocycles. The maximum Gasteiger partial charge on any atom is 0.232 e. The molecule has 0 fully saturated rings. The van der Waals surface area contributed by atoms with Gasteiger partial charge in [0.15, 0.2) is 0 Å². The number of pyridine rings is 1. The number of alkyl halides is 3. The molecule has 3 N–H and O–H groups in total.